The molecule has 2 heterocycles. The van der Waals surface area contributed by atoms with Crippen LogP contribution in [0.15, 0.2) is 42.7 Å². The SMILES string of the molecule is O=C(NCc1cccnc1)[C@H]1CC(=O)N(Cc2cc(C(F)(F)F)cc(C(F)(F)F)c2)C1. The van der Waals surface area contributed by atoms with Crippen LogP contribution in [-0.4, -0.2) is 28.2 Å². The van der Waals surface area contributed by atoms with Crippen molar-refractivity contribution in [3.63, 3.8) is 0 Å². The van der Waals surface area contributed by atoms with Gasteiger partial charge in [-0.05, 0) is 35.4 Å². The summed E-state index contributed by atoms with van der Waals surface area (Å²) in [6, 6.07) is 4.62. The van der Waals surface area contributed by atoms with Crippen molar-refractivity contribution < 1.29 is 35.9 Å². The Hall–Kier alpha value is -3.11. The third kappa shape index (κ3) is 5.74. The zero-order chi connectivity index (χ0) is 22.8. The first-order chi connectivity index (χ1) is 14.4. The Morgan fingerprint density at radius 3 is 2.26 bits per heavy atom. The van der Waals surface area contributed by atoms with Gasteiger partial charge in [-0.3, -0.25) is 14.6 Å². The molecule has 1 fully saturated rings. The summed E-state index contributed by atoms with van der Waals surface area (Å²) in [6.07, 6.45) is -7.00. The molecule has 3 rings (SSSR count). The second-order valence-electron chi connectivity index (χ2n) is 7.17. The van der Waals surface area contributed by atoms with E-state index in [4.69, 9.17) is 0 Å². The van der Waals surface area contributed by atoms with Crippen molar-refractivity contribution >= 4 is 11.8 Å². The van der Waals surface area contributed by atoms with Crippen molar-refractivity contribution in [2.75, 3.05) is 6.54 Å². The summed E-state index contributed by atoms with van der Waals surface area (Å²) in [5.74, 6) is -1.70. The maximum absolute atomic E-state index is 13.0. The van der Waals surface area contributed by atoms with E-state index in [0.717, 1.165) is 10.5 Å². The Morgan fingerprint density at radius 1 is 1.06 bits per heavy atom. The van der Waals surface area contributed by atoms with Crippen LogP contribution in [0.4, 0.5) is 26.3 Å². The number of carbonyl (C=O) groups is 2. The highest BCUT2D eigenvalue weighted by molar-refractivity contribution is 5.89. The van der Waals surface area contributed by atoms with Gasteiger partial charge in [0.25, 0.3) is 0 Å². The normalized spacial score (nSPS) is 17.2. The second kappa shape index (κ2) is 8.56. The number of amides is 2. The van der Waals surface area contributed by atoms with E-state index in [0.29, 0.717) is 12.1 Å². The van der Waals surface area contributed by atoms with Crippen LogP contribution in [0.25, 0.3) is 0 Å². The third-order valence-electron chi connectivity index (χ3n) is 4.80. The Kier molecular flexibility index (Phi) is 6.23. The molecular weight excluding hydrogens is 428 g/mol. The van der Waals surface area contributed by atoms with Gasteiger partial charge in [-0.25, -0.2) is 0 Å². The van der Waals surface area contributed by atoms with E-state index in [-0.39, 0.29) is 31.1 Å². The van der Waals surface area contributed by atoms with E-state index in [9.17, 15) is 35.9 Å². The van der Waals surface area contributed by atoms with Crippen LogP contribution in [0.3, 0.4) is 0 Å². The number of hydrogen-bond donors (Lipinski definition) is 1. The fraction of sp³-hybridized carbons (Fsp3) is 0.350. The molecular formula is C20H17F6N3O2. The monoisotopic (exact) mass is 445 g/mol. The number of hydrogen-bond acceptors (Lipinski definition) is 3. The van der Waals surface area contributed by atoms with E-state index < -0.39 is 47.8 Å². The van der Waals surface area contributed by atoms with Gasteiger partial charge in [0.05, 0.1) is 17.0 Å². The lowest BCUT2D eigenvalue weighted by Crippen LogP contribution is -2.32. The Balaban J connectivity index is 1.70. The lowest BCUT2D eigenvalue weighted by Gasteiger charge is -2.19. The van der Waals surface area contributed by atoms with E-state index in [1.807, 2.05) is 0 Å². The van der Waals surface area contributed by atoms with Crippen LogP contribution in [0.2, 0.25) is 0 Å². The van der Waals surface area contributed by atoms with Gasteiger partial charge in [-0.15, -0.1) is 0 Å². The van der Waals surface area contributed by atoms with Crippen molar-refractivity contribution in [2.24, 2.45) is 5.92 Å². The van der Waals surface area contributed by atoms with Gasteiger partial charge < -0.3 is 10.2 Å². The fourth-order valence-corrected chi connectivity index (χ4v) is 3.27. The fourth-order valence-electron chi connectivity index (χ4n) is 3.27. The Bertz CT molecular complexity index is 927. The van der Waals surface area contributed by atoms with Gasteiger partial charge in [-0.2, -0.15) is 26.3 Å². The van der Waals surface area contributed by atoms with Crippen LogP contribution in [0.5, 0.6) is 0 Å². The topological polar surface area (TPSA) is 62.3 Å². The molecule has 1 aliphatic rings. The number of halogens is 6. The van der Waals surface area contributed by atoms with E-state index >= 15 is 0 Å². The van der Waals surface area contributed by atoms with E-state index in [2.05, 4.69) is 10.3 Å². The zero-order valence-electron chi connectivity index (χ0n) is 15.9. The standard InChI is InChI=1S/C20H17F6N3O2/c21-19(22,23)15-4-13(5-16(7-15)20(24,25)26)10-29-11-14(6-17(29)30)18(31)28-9-12-2-1-3-27-8-12/h1-5,7-8,14H,6,9-11H2,(H,28,31)/t14-/m0/s1. The molecule has 1 aromatic heterocycles. The Morgan fingerprint density at radius 2 is 1.71 bits per heavy atom. The summed E-state index contributed by atoms with van der Waals surface area (Å²) in [6.45, 7) is -0.381. The number of nitrogens with zero attached hydrogens (tertiary/aromatic N) is 2. The molecule has 5 nitrogen and oxygen atoms in total. The van der Waals surface area contributed by atoms with Crippen LogP contribution in [0, 0.1) is 5.92 Å². The van der Waals surface area contributed by atoms with Gasteiger partial charge in [0.1, 0.15) is 0 Å². The lowest BCUT2D eigenvalue weighted by molar-refractivity contribution is -0.143. The zero-order valence-corrected chi connectivity index (χ0v) is 15.9. The lowest BCUT2D eigenvalue weighted by atomic mass is 10.0. The summed E-state index contributed by atoms with van der Waals surface area (Å²) in [5.41, 5.74) is -2.47. The van der Waals surface area contributed by atoms with Crippen molar-refractivity contribution in [3.8, 4) is 0 Å². The van der Waals surface area contributed by atoms with Crippen molar-refractivity contribution in [1.82, 2.24) is 15.2 Å². The highest BCUT2D eigenvalue weighted by Crippen LogP contribution is 2.36. The minimum atomic E-state index is -4.97. The van der Waals surface area contributed by atoms with Crippen molar-refractivity contribution in [1.29, 1.82) is 0 Å². The smallest absolute Gasteiger partial charge is 0.352 e. The first-order valence-corrected chi connectivity index (χ1v) is 9.16. The molecule has 0 radical (unpaired) electrons. The van der Waals surface area contributed by atoms with Gasteiger partial charge in [-0.1, -0.05) is 6.07 Å². The summed E-state index contributed by atoms with van der Waals surface area (Å²) >= 11 is 0. The molecule has 1 saturated heterocycles. The predicted octanol–water partition coefficient (Wildman–Crippen LogP) is 3.78. The number of carbonyl (C=O) groups excluding carboxylic acids is 2. The van der Waals surface area contributed by atoms with Crippen LogP contribution in [-0.2, 0) is 35.0 Å². The molecule has 1 atom stereocenters. The Labute approximate surface area is 173 Å². The molecule has 0 aliphatic carbocycles. The summed E-state index contributed by atoms with van der Waals surface area (Å²) in [7, 11) is 0. The molecule has 2 amide bonds. The van der Waals surface area contributed by atoms with Gasteiger partial charge in [0.2, 0.25) is 11.8 Å². The minimum absolute atomic E-state index is 0.0317. The average molecular weight is 445 g/mol. The largest absolute Gasteiger partial charge is 0.416 e. The summed E-state index contributed by atoms with van der Waals surface area (Å²) < 4.78 is 78.1. The molecule has 1 N–H and O–H groups in total. The number of pyridine rings is 1. The minimum Gasteiger partial charge on any atom is -0.352 e. The molecule has 1 aliphatic heterocycles. The van der Waals surface area contributed by atoms with E-state index in [1.54, 1.807) is 24.5 Å². The molecule has 0 saturated carbocycles. The molecule has 0 unspecified atom stereocenters. The van der Waals surface area contributed by atoms with Crippen molar-refractivity contribution in [3.05, 3.63) is 65.0 Å². The van der Waals surface area contributed by atoms with Crippen LogP contribution < -0.4 is 5.32 Å². The maximum Gasteiger partial charge on any atom is 0.416 e. The summed E-state index contributed by atoms with van der Waals surface area (Å²) in [5, 5.41) is 2.65. The quantitative estimate of drug-likeness (QED) is 0.713. The molecule has 0 spiro atoms. The van der Waals surface area contributed by atoms with E-state index in [1.165, 1.54) is 0 Å². The second-order valence-corrected chi connectivity index (χ2v) is 7.17. The first kappa shape index (κ1) is 22.6. The van der Waals surface area contributed by atoms with Gasteiger partial charge >= 0.3 is 12.4 Å². The number of likely N-dealkylation sites (tertiary alicyclic amines) is 1. The maximum atomic E-state index is 13.0. The molecule has 166 valence electrons. The third-order valence-corrected chi connectivity index (χ3v) is 4.80. The van der Waals surface area contributed by atoms with Gasteiger partial charge in [0, 0.05) is 38.4 Å². The van der Waals surface area contributed by atoms with Crippen LogP contribution in [0.1, 0.15) is 28.7 Å². The first-order valence-electron chi connectivity index (χ1n) is 9.16. The number of aromatic nitrogens is 1. The van der Waals surface area contributed by atoms with Crippen LogP contribution >= 0.6 is 0 Å². The highest BCUT2D eigenvalue weighted by atomic mass is 19.4. The number of nitrogens with one attached hydrogen (secondary N) is 1. The molecule has 0 bridgehead atoms. The average Bonchev–Trinajstić information content (AvgIpc) is 3.06. The number of rotatable bonds is 5. The summed E-state index contributed by atoms with van der Waals surface area (Å²) in [4.78, 5) is 29.5. The van der Waals surface area contributed by atoms with Gasteiger partial charge in [0.15, 0.2) is 0 Å². The molecule has 11 heteroatoms. The number of benzene rings is 1. The number of alkyl halides is 6. The molecule has 1 aromatic carbocycles. The molecule has 31 heavy (non-hydrogen) atoms. The highest BCUT2D eigenvalue weighted by Gasteiger charge is 2.38. The van der Waals surface area contributed by atoms with Crippen molar-refractivity contribution in [2.45, 2.75) is 31.9 Å². The molecule has 2 aromatic rings. The predicted molar refractivity (Wildman–Crippen MR) is 96.1 cm³/mol.